The van der Waals surface area contributed by atoms with Crippen molar-refractivity contribution in [3.8, 4) is 11.1 Å². The van der Waals surface area contributed by atoms with Crippen LogP contribution in [0.15, 0.2) is 63.8 Å². The first-order valence-electron chi connectivity index (χ1n) is 5.84. The first-order chi connectivity index (χ1) is 8.74. The molecule has 18 heavy (non-hydrogen) atoms. The lowest BCUT2D eigenvalue weighted by Gasteiger charge is -2.03. The van der Waals surface area contributed by atoms with Crippen molar-refractivity contribution >= 4 is 11.0 Å². The number of hydrogen-bond donors (Lipinski definition) is 0. The van der Waals surface area contributed by atoms with Crippen molar-refractivity contribution in [2.45, 2.75) is 6.92 Å². The number of hydrogen-bond acceptors (Lipinski definition) is 2. The quantitative estimate of drug-likeness (QED) is 0.602. The van der Waals surface area contributed by atoms with Crippen molar-refractivity contribution in [2.75, 3.05) is 0 Å². The van der Waals surface area contributed by atoms with Gasteiger partial charge in [0.25, 0.3) is 0 Å². The van der Waals surface area contributed by atoms with Gasteiger partial charge in [0, 0.05) is 10.9 Å². The lowest BCUT2D eigenvalue weighted by Crippen LogP contribution is -2.01. The van der Waals surface area contributed by atoms with Gasteiger partial charge in [0.2, 0.25) is 0 Å². The van der Waals surface area contributed by atoms with Gasteiger partial charge >= 0.3 is 5.63 Å². The molecule has 2 heteroatoms. The molecular weight excluding hydrogens is 224 g/mol. The summed E-state index contributed by atoms with van der Waals surface area (Å²) in [5, 5.41) is 0.952. The van der Waals surface area contributed by atoms with Crippen molar-refractivity contribution in [3.05, 3.63) is 70.6 Å². The minimum absolute atomic E-state index is 0.269. The van der Waals surface area contributed by atoms with Gasteiger partial charge in [-0.05, 0) is 36.2 Å². The topological polar surface area (TPSA) is 30.2 Å². The Bertz CT molecular complexity index is 755. The summed E-state index contributed by atoms with van der Waals surface area (Å²) in [6.45, 7) is 1.76. The Morgan fingerprint density at radius 2 is 1.67 bits per heavy atom. The van der Waals surface area contributed by atoms with Crippen LogP contribution in [0.1, 0.15) is 5.56 Å². The predicted molar refractivity (Wildman–Crippen MR) is 72.7 cm³/mol. The van der Waals surface area contributed by atoms with Crippen LogP contribution in [0.2, 0.25) is 0 Å². The molecule has 2 nitrogen and oxygen atoms in total. The van der Waals surface area contributed by atoms with Gasteiger partial charge in [0.15, 0.2) is 0 Å². The lowest BCUT2D eigenvalue weighted by atomic mass is 10.0. The van der Waals surface area contributed by atoms with E-state index in [1.54, 1.807) is 6.92 Å². The van der Waals surface area contributed by atoms with Gasteiger partial charge in [0.1, 0.15) is 5.58 Å². The first kappa shape index (κ1) is 10.8. The highest BCUT2D eigenvalue weighted by Crippen LogP contribution is 2.23. The van der Waals surface area contributed by atoms with Crippen LogP contribution in [0.3, 0.4) is 0 Å². The average Bonchev–Trinajstić information content (AvgIpc) is 2.41. The van der Waals surface area contributed by atoms with Crippen LogP contribution in [-0.4, -0.2) is 0 Å². The molecule has 1 heterocycles. The van der Waals surface area contributed by atoms with Crippen molar-refractivity contribution in [3.63, 3.8) is 0 Å². The second-order valence-corrected chi connectivity index (χ2v) is 4.34. The van der Waals surface area contributed by atoms with Gasteiger partial charge in [-0.25, -0.2) is 4.79 Å². The molecule has 1 aromatic heterocycles. The second-order valence-electron chi connectivity index (χ2n) is 4.34. The summed E-state index contributed by atoms with van der Waals surface area (Å²) >= 11 is 0. The molecule has 0 N–H and O–H groups in total. The van der Waals surface area contributed by atoms with Crippen molar-refractivity contribution in [2.24, 2.45) is 0 Å². The zero-order valence-corrected chi connectivity index (χ0v) is 10.0. The molecule has 2 aromatic carbocycles. The van der Waals surface area contributed by atoms with E-state index < -0.39 is 0 Å². The third kappa shape index (κ3) is 1.82. The Morgan fingerprint density at radius 1 is 0.889 bits per heavy atom. The molecule has 0 bridgehead atoms. The van der Waals surface area contributed by atoms with E-state index >= 15 is 0 Å². The minimum Gasteiger partial charge on any atom is -0.423 e. The maximum atomic E-state index is 11.4. The number of rotatable bonds is 1. The fourth-order valence-electron chi connectivity index (χ4n) is 2.04. The largest absolute Gasteiger partial charge is 0.423 e. The Labute approximate surface area is 105 Å². The van der Waals surface area contributed by atoms with Crippen LogP contribution in [0.5, 0.6) is 0 Å². The molecule has 0 saturated carbocycles. The summed E-state index contributed by atoms with van der Waals surface area (Å²) in [7, 11) is 0. The third-order valence-electron chi connectivity index (χ3n) is 3.01. The predicted octanol–water partition coefficient (Wildman–Crippen LogP) is 3.77. The van der Waals surface area contributed by atoms with E-state index in [0.29, 0.717) is 11.1 Å². The standard InChI is InChI=1S/C16H12O2/c1-11-9-14-10-13(12-5-3-2-4-6-12)7-8-15(14)18-16(11)17/h2-10H,1H3. The van der Waals surface area contributed by atoms with E-state index in [0.717, 1.165) is 16.5 Å². The maximum absolute atomic E-state index is 11.4. The Kier molecular flexibility index (Phi) is 2.49. The average molecular weight is 236 g/mol. The van der Waals surface area contributed by atoms with E-state index in [4.69, 9.17) is 4.42 Å². The summed E-state index contributed by atoms with van der Waals surface area (Å²) < 4.78 is 5.23. The Hall–Kier alpha value is -2.35. The van der Waals surface area contributed by atoms with Gasteiger partial charge in [-0.1, -0.05) is 36.4 Å². The molecule has 88 valence electrons. The fourth-order valence-corrected chi connectivity index (χ4v) is 2.04. The molecule has 0 saturated heterocycles. The normalized spacial score (nSPS) is 10.7. The number of aryl methyl sites for hydroxylation is 1. The maximum Gasteiger partial charge on any atom is 0.339 e. The van der Waals surface area contributed by atoms with Gasteiger partial charge in [-0.15, -0.1) is 0 Å². The van der Waals surface area contributed by atoms with Gasteiger partial charge in [0.05, 0.1) is 0 Å². The molecule has 0 aliphatic heterocycles. The van der Waals surface area contributed by atoms with Crippen LogP contribution in [0, 0.1) is 6.92 Å². The second kappa shape index (κ2) is 4.15. The van der Waals surface area contributed by atoms with Crippen molar-refractivity contribution in [1.82, 2.24) is 0 Å². The minimum atomic E-state index is -0.269. The molecule has 0 aliphatic carbocycles. The highest BCUT2D eigenvalue weighted by atomic mass is 16.4. The van der Waals surface area contributed by atoms with Gasteiger partial charge in [-0.2, -0.15) is 0 Å². The van der Waals surface area contributed by atoms with E-state index in [-0.39, 0.29) is 5.63 Å². The van der Waals surface area contributed by atoms with Crippen LogP contribution >= 0.6 is 0 Å². The molecule has 0 aliphatic rings. The lowest BCUT2D eigenvalue weighted by molar-refractivity contribution is 0.555. The van der Waals surface area contributed by atoms with Crippen LogP contribution in [-0.2, 0) is 0 Å². The SMILES string of the molecule is Cc1cc2cc(-c3ccccc3)ccc2oc1=O. The smallest absolute Gasteiger partial charge is 0.339 e. The summed E-state index contributed by atoms with van der Waals surface area (Å²) in [5.74, 6) is 0. The summed E-state index contributed by atoms with van der Waals surface area (Å²) in [6, 6.07) is 17.9. The van der Waals surface area contributed by atoms with Crippen LogP contribution in [0.4, 0.5) is 0 Å². The Morgan fingerprint density at radius 3 is 2.44 bits per heavy atom. The van der Waals surface area contributed by atoms with Crippen LogP contribution in [0.25, 0.3) is 22.1 Å². The molecule has 0 unspecified atom stereocenters. The first-order valence-corrected chi connectivity index (χ1v) is 5.84. The summed E-state index contributed by atoms with van der Waals surface area (Å²) in [4.78, 5) is 11.4. The summed E-state index contributed by atoms with van der Waals surface area (Å²) in [6.07, 6.45) is 0. The highest BCUT2D eigenvalue weighted by Gasteiger charge is 2.03. The van der Waals surface area contributed by atoms with Crippen LogP contribution < -0.4 is 5.63 Å². The molecule has 0 amide bonds. The fraction of sp³-hybridized carbons (Fsp3) is 0.0625. The molecule has 3 aromatic rings. The highest BCUT2D eigenvalue weighted by molar-refractivity contribution is 5.83. The molecule has 3 rings (SSSR count). The zero-order valence-electron chi connectivity index (χ0n) is 10.0. The van der Waals surface area contributed by atoms with Crippen molar-refractivity contribution in [1.29, 1.82) is 0 Å². The molecule has 0 fully saturated rings. The molecule has 0 atom stereocenters. The van der Waals surface area contributed by atoms with Gasteiger partial charge in [-0.3, -0.25) is 0 Å². The third-order valence-corrected chi connectivity index (χ3v) is 3.01. The molecule has 0 spiro atoms. The Balaban J connectivity index is 2.23. The number of fused-ring (bicyclic) bond motifs is 1. The van der Waals surface area contributed by atoms with E-state index in [1.807, 2.05) is 42.5 Å². The van der Waals surface area contributed by atoms with Gasteiger partial charge < -0.3 is 4.42 Å². The summed E-state index contributed by atoms with van der Waals surface area (Å²) in [5.41, 5.74) is 3.27. The van der Waals surface area contributed by atoms with Crippen molar-refractivity contribution < 1.29 is 4.42 Å². The monoisotopic (exact) mass is 236 g/mol. The van der Waals surface area contributed by atoms with E-state index in [1.165, 1.54) is 0 Å². The van der Waals surface area contributed by atoms with E-state index in [9.17, 15) is 4.79 Å². The number of benzene rings is 2. The zero-order chi connectivity index (χ0) is 12.5. The molecular formula is C16H12O2. The van der Waals surface area contributed by atoms with E-state index in [2.05, 4.69) is 12.1 Å². The molecule has 0 radical (unpaired) electrons.